The Kier molecular flexibility index (Phi) is 5.04. The van der Waals surface area contributed by atoms with Gasteiger partial charge >= 0.3 is 0 Å². The maximum Gasteiger partial charge on any atom is 0.273 e. The lowest BCUT2D eigenvalue weighted by Gasteiger charge is -2.18. The number of rotatable bonds is 4. The van der Waals surface area contributed by atoms with Crippen LogP contribution in [0.15, 0.2) is 66.9 Å². The second-order valence-electron chi connectivity index (χ2n) is 6.98. The molecule has 0 spiro atoms. The molecule has 1 fully saturated rings. The second kappa shape index (κ2) is 7.78. The maximum absolute atomic E-state index is 13.1. The summed E-state index contributed by atoms with van der Waals surface area (Å²) in [5.41, 5.74) is 0.949. The zero-order valence-electron chi connectivity index (χ0n) is 15.3. The topological polar surface area (TPSA) is 82.5 Å². The molecule has 1 aliphatic heterocycles. The number of likely N-dealkylation sites (tertiary alicyclic amines) is 1. The molecule has 3 aromatic rings. The van der Waals surface area contributed by atoms with Crippen LogP contribution in [0.3, 0.4) is 0 Å². The Labute approximate surface area is 162 Å². The molecule has 6 nitrogen and oxygen atoms in total. The average molecular weight is 375 g/mol. The van der Waals surface area contributed by atoms with E-state index in [1.54, 1.807) is 35.4 Å². The van der Waals surface area contributed by atoms with Gasteiger partial charge < -0.3 is 15.3 Å². The molecule has 142 valence electrons. The molecule has 1 saturated heterocycles. The first-order valence-corrected chi connectivity index (χ1v) is 9.27. The lowest BCUT2D eigenvalue weighted by atomic mass is 10.0. The van der Waals surface area contributed by atoms with Crippen LogP contribution in [0.1, 0.15) is 20.8 Å². The van der Waals surface area contributed by atoms with Crippen LogP contribution < -0.4 is 5.32 Å². The zero-order chi connectivity index (χ0) is 19.5. The minimum Gasteiger partial charge on any atom is -0.396 e. The van der Waals surface area contributed by atoms with Crippen molar-refractivity contribution in [3.63, 3.8) is 0 Å². The van der Waals surface area contributed by atoms with Gasteiger partial charge in [-0.3, -0.25) is 14.6 Å². The fraction of sp³-hybridized carbons (Fsp3) is 0.227. The van der Waals surface area contributed by atoms with Crippen molar-refractivity contribution in [2.75, 3.05) is 19.7 Å². The Morgan fingerprint density at radius 2 is 1.79 bits per heavy atom. The Morgan fingerprint density at radius 1 is 1.04 bits per heavy atom. The van der Waals surface area contributed by atoms with Crippen molar-refractivity contribution < 1.29 is 14.7 Å². The molecule has 2 heterocycles. The van der Waals surface area contributed by atoms with E-state index in [1.165, 1.54) is 0 Å². The molecular weight excluding hydrogens is 354 g/mol. The van der Waals surface area contributed by atoms with E-state index in [1.807, 2.05) is 36.4 Å². The monoisotopic (exact) mass is 375 g/mol. The Bertz CT molecular complexity index is 1000. The van der Waals surface area contributed by atoms with E-state index in [9.17, 15) is 14.7 Å². The standard InChI is InChI=1S/C22H21N3O3/c26-14-17-12-25(13-19(17)24-21(27)16-7-2-1-3-8-16)22(28)20-18-9-5-4-6-15(18)10-11-23-20/h1-11,17,19,26H,12-14H2,(H,24,27)/t17-,19+/m0/s1. The largest absolute Gasteiger partial charge is 0.396 e. The number of carbonyl (C=O) groups excluding carboxylic acids is 2. The maximum atomic E-state index is 13.1. The van der Waals surface area contributed by atoms with E-state index in [2.05, 4.69) is 10.3 Å². The van der Waals surface area contributed by atoms with Gasteiger partial charge in [0, 0.05) is 42.8 Å². The highest BCUT2D eigenvalue weighted by molar-refractivity contribution is 6.05. The minimum atomic E-state index is -0.309. The van der Waals surface area contributed by atoms with Crippen molar-refractivity contribution in [3.8, 4) is 0 Å². The molecule has 28 heavy (non-hydrogen) atoms. The number of amides is 2. The van der Waals surface area contributed by atoms with Gasteiger partial charge in [0.05, 0.1) is 6.04 Å². The number of aliphatic hydroxyl groups excluding tert-OH is 1. The first-order valence-electron chi connectivity index (χ1n) is 9.27. The van der Waals surface area contributed by atoms with Crippen LogP contribution >= 0.6 is 0 Å². The van der Waals surface area contributed by atoms with Crippen molar-refractivity contribution >= 4 is 22.6 Å². The van der Waals surface area contributed by atoms with Crippen LogP contribution in [0, 0.1) is 5.92 Å². The fourth-order valence-corrected chi connectivity index (χ4v) is 3.67. The quantitative estimate of drug-likeness (QED) is 0.732. The van der Waals surface area contributed by atoms with Gasteiger partial charge in [0.1, 0.15) is 5.69 Å². The summed E-state index contributed by atoms with van der Waals surface area (Å²) in [6, 6.07) is 18.1. The normalized spacial score (nSPS) is 19.0. The third-order valence-corrected chi connectivity index (χ3v) is 5.19. The molecule has 6 heteroatoms. The number of aliphatic hydroxyl groups is 1. The predicted octanol–water partition coefficient (Wildman–Crippen LogP) is 2.10. The number of carbonyl (C=O) groups is 2. The minimum absolute atomic E-state index is 0.105. The van der Waals surface area contributed by atoms with E-state index in [4.69, 9.17) is 0 Å². The lowest BCUT2D eigenvalue weighted by molar-refractivity contribution is 0.0774. The number of benzene rings is 2. The molecule has 2 atom stereocenters. The number of aromatic nitrogens is 1. The second-order valence-corrected chi connectivity index (χ2v) is 6.98. The first-order chi connectivity index (χ1) is 13.7. The zero-order valence-corrected chi connectivity index (χ0v) is 15.3. The van der Waals surface area contributed by atoms with E-state index in [0.717, 1.165) is 10.8 Å². The number of nitrogens with one attached hydrogen (secondary N) is 1. The number of pyridine rings is 1. The van der Waals surface area contributed by atoms with Gasteiger partial charge in [0.2, 0.25) is 0 Å². The van der Waals surface area contributed by atoms with Crippen LogP contribution in [0.5, 0.6) is 0 Å². The Hall–Kier alpha value is -3.25. The van der Waals surface area contributed by atoms with E-state index >= 15 is 0 Å². The summed E-state index contributed by atoms with van der Waals surface area (Å²) in [5, 5.41) is 14.5. The van der Waals surface area contributed by atoms with Crippen molar-refractivity contribution in [1.29, 1.82) is 0 Å². The lowest BCUT2D eigenvalue weighted by Crippen LogP contribution is -2.42. The van der Waals surface area contributed by atoms with Gasteiger partial charge in [-0.15, -0.1) is 0 Å². The van der Waals surface area contributed by atoms with Gasteiger partial charge in [-0.1, -0.05) is 42.5 Å². The van der Waals surface area contributed by atoms with Crippen LogP contribution in [0.25, 0.3) is 10.8 Å². The summed E-state index contributed by atoms with van der Waals surface area (Å²) in [4.78, 5) is 31.5. The summed E-state index contributed by atoms with van der Waals surface area (Å²) >= 11 is 0. The number of fused-ring (bicyclic) bond motifs is 1. The molecule has 1 aromatic heterocycles. The molecule has 1 aliphatic rings. The van der Waals surface area contributed by atoms with Crippen LogP contribution in [0.2, 0.25) is 0 Å². The molecule has 0 radical (unpaired) electrons. The van der Waals surface area contributed by atoms with Gasteiger partial charge in [0.25, 0.3) is 11.8 Å². The number of hydrogen-bond acceptors (Lipinski definition) is 4. The number of nitrogens with zero attached hydrogens (tertiary/aromatic N) is 2. The average Bonchev–Trinajstić information content (AvgIpc) is 3.16. The van der Waals surface area contributed by atoms with Gasteiger partial charge in [0.15, 0.2) is 0 Å². The van der Waals surface area contributed by atoms with Gasteiger partial charge in [-0.2, -0.15) is 0 Å². The van der Waals surface area contributed by atoms with E-state index < -0.39 is 0 Å². The molecule has 4 rings (SSSR count). The SMILES string of the molecule is O=C(N[C@@H]1CN(C(=O)c2nccc3ccccc23)C[C@H]1CO)c1ccccc1. The summed E-state index contributed by atoms with van der Waals surface area (Å²) in [7, 11) is 0. The predicted molar refractivity (Wildman–Crippen MR) is 106 cm³/mol. The number of hydrogen-bond donors (Lipinski definition) is 2. The molecular formula is C22H21N3O3. The highest BCUT2D eigenvalue weighted by Gasteiger charge is 2.36. The summed E-state index contributed by atoms with van der Waals surface area (Å²) in [5.74, 6) is -0.611. The molecule has 0 unspecified atom stereocenters. The van der Waals surface area contributed by atoms with Crippen molar-refractivity contribution in [2.45, 2.75) is 6.04 Å². The summed E-state index contributed by atoms with van der Waals surface area (Å²) < 4.78 is 0. The molecule has 0 aliphatic carbocycles. The van der Waals surface area contributed by atoms with Crippen molar-refractivity contribution in [3.05, 3.63) is 78.1 Å². The van der Waals surface area contributed by atoms with Crippen LogP contribution in [-0.2, 0) is 0 Å². The first kappa shape index (κ1) is 18.1. The van der Waals surface area contributed by atoms with Crippen LogP contribution in [0.4, 0.5) is 0 Å². The third-order valence-electron chi connectivity index (χ3n) is 5.19. The fourth-order valence-electron chi connectivity index (χ4n) is 3.67. The van der Waals surface area contributed by atoms with E-state index in [0.29, 0.717) is 24.3 Å². The highest BCUT2D eigenvalue weighted by Crippen LogP contribution is 2.23. The summed E-state index contributed by atoms with van der Waals surface area (Å²) in [6.07, 6.45) is 1.63. The molecule has 2 amide bonds. The van der Waals surface area contributed by atoms with E-state index in [-0.39, 0.29) is 30.4 Å². The molecule has 2 aromatic carbocycles. The van der Waals surface area contributed by atoms with Crippen LogP contribution in [-0.4, -0.2) is 52.5 Å². The molecule has 2 N–H and O–H groups in total. The Balaban J connectivity index is 1.53. The van der Waals surface area contributed by atoms with Gasteiger partial charge in [-0.25, -0.2) is 0 Å². The molecule has 0 saturated carbocycles. The molecule has 0 bridgehead atoms. The highest BCUT2D eigenvalue weighted by atomic mass is 16.3. The Morgan fingerprint density at radius 3 is 2.57 bits per heavy atom. The summed E-state index contributed by atoms with van der Waals surface area (Å²) in [6.45, 7) is 0.611. The smallest absolute Gasteiger partial charge is 0.273 e. The van der Waals surface area contributed by atoms with Crippen molar-refractivity contribution in [2.24, 2.45) is 5.92 Å². The van der Waals surface area contributed by atoms with Gasteiger partial charge in [-0.05, 0) is 23.6 Å². The third kappa shape index (κ3) is 3.46. The van der Waals surface area contributed by atoms with Crippen molar-refractivity contribution in [1.82, 2.24) is 15.2 Å².